The first-order valence-corrected chi connectivity index (χ1v) is 9.45. The molecule has 2 saturated heterocycles. The second-order valence-electron chi connectivity index (χ2n) is 7.49. The van der Waals surface area contributed by atoms with Crippen LogP contribution in [0.1, 0.15) is 47.0 Å². The highest BCUT2D eigenvalue weighted by Gasteiger charge is 2.46. The maximum atomic E-state index is 12.0. The fourth-order valence-electron chi connectivity index (χ4n) is 3.53. The number of hydrogen-bond acceptors (Lipinski definition) is 7. The number of hydrogen-bond donors (Lipinski definition) is 2. The molecule has 2 fully saturated rings. The van der Waals surface area contributed by atoms with Crippen molar-refractivity contribution in [2.24, 2.45) is 0 Å². The Hall–Kier alpha value is -0.990. The van der Waals surface area contributed by atoms with Crippen LogP contribution in [0.25, 0.3) is 0 Å². The van der Waals surface area contributed by atoms with Gasteiger partial charge in [-0.1, -0.05) is 6.08 Å². The highest BCUT2D eigenvalue weighted by molar-refractivity contribution is 5.87. The van der Waals surface area contributed by atoms with E-state index in [1.165, 1.54) is 6.42 Å². The first-order valence-electron chi connectivity index (χ1n) is 9.45. The van der Waals surface area contributed by atoms with Gasteiger partial charge in [0.05, 0.1) is 12.2 Å². The van der Waals surface area contributed by atoms with Crippen molar-refractivity contribution in [1.29, 1.82) is 0 Å². The molecule has 2 rings (SSSR count). The average molecular weight is 371 g/mol. The molecule has 0 aromatic heterocycles. The molecule has 2 N–H and O–H groups in total. The Morgan fingerprint density at radius 2 is 2.08 bits per heavy atom. The molecular formula is C19H33NO6. The zero-order valence-electron chi connectivity index (χ0n) is 16.4. The van der Waals surface area contributed by atoms with Gasteiger partial charge in [-0.15, -0.1) is 0 Å². The largest absolute Gasteiger partial charge is 0.453 e. The quantitative estimate of drug-likeness (QED) is 0.536. The van der Waals surface area contributed by atoms with Crippen molar-refractivity contribution in [1.82, 2.24) is 4.90 Å². The molecule has 0 aliphatic carbocycles. The van der Waals surface area contributed by atoms with Crippen LogP contribution in [-0.2, 0) is 19.0 Å². The van der Waals surface area contributed by atoms with E-state index in [4.69, 9.17) is 14.2 Å². The molecule has 2 heterocycles. The van der Waals surface area contributed by atoms with Crippen LogP contribution in [0, 0.1) is 0 Å². The molecule has 7 atom stereocenters. The van der Waals surface area contributed by atoms with Crippen molar-refractivity contribution in [2.75, 3.05) is 13.6 Å². The second-order valence-corrected chi connectivity index (χ2v) is 7.49. The van der Waals surface area contributed by atoms with E-state index in [1.807, 2.05) is 6.92 Å². The molecule has 0 aromatic rings. The Morgan fingerprint density at radius 1 is 1.38 bits per heavy atom. The molecule has 0 bridgehead atoms. The van der Waals surface area contributed by atoms with Crippen LogP contribution in [0.15, 0.2) is 11.6 Å². The summed E-state index contributed by atoms with van der Waals surface area (Å²) in [6.07, 6.45) is -0.373. The average Bonchev–Trinajstić information content (AvgIpc) is 3.00. The van der Waals surface area contributed by atoms with Crippen LogP contribution < -0.4 is 0 Å². The molecule has 7 unspecified atom stereocenters. The third kappa shape index (κ3) is 5.04. The van der Waals surface area contributed by atoms with E-state index in [2.05, 4.69) is 11.9 Å². The fourth-order valence-corrected chi connectivity index (χ4v) is 3.53. The van der Waals surface area contributed by atoms with Gasteiger partial charge in [-0.2, -0.15) is 0 Å². The first kappa shape index (κ1) is 21.3. The van der Waals surface area contributed by atoms with Gasteiger partial charge in [-0.05, 0) is 60.5 Å². The van der Waals surface area contributed by atoms with Crippen molar-refractivity contribution in [3.63, 3.8) is 0 Å². The number of esters is 1. The molecule has 7 heteroatoms. The number of carbonyl (C=O) groups excluding carboxylic acids is 1. The maximum absolute atomic E-state index is 12.0. The van der Waals surface area contributed by atoms with Gasteiger partial charge >= 0.3 is 5.97 Å². The summed E-state index contributed by atoms with van der Waals surface area (Å²) in [6.45, 7) is 8.06. The first-order chi connectivity index (χ1) is 12.2. The zero-order valence-corrected chi connectivity index (χ0v) is 16.4. The zero-order chi connectivity index (χ0) is 19.4. The lowest BCUT2D eigenvalue weighted by Gasteiger charge is -2.41. The minimum absolute atomic E-state index is 0.128. The highest BCUT2D eigenvalue weighted by atomic mass is 16.7. The third-order valence-corrected chi connectivity index (χ3v) is 5.42. The number of rotatable bonds is 6. The molecule has 26 heavy (non-hydrogen) atoms. The van der Waals surface area contributed by atoms with Crippen molar-refractivity contribution >= 4 is 5.97 Å². The number of ether oxygens (including phenoxy) is 3. The lowest BCUT2D eigenvalue weighted by Crippen LogP contribution is -2.59. The van der Waals surface area contributed by atoms with Crippen molar-refractivity contribution in [3.05, 3.63) is 11.6 Å². The van der Waals surface area contributed by atoms with Crippen molar-refractivity contribution in [2.45, 2.75) is 89.8 Å². The Kier molecular flexibility index (Phi) is 7.61. The van der Waals surface area contributed by atoms with Gasteiger partial charge in [-0.25, -0.2) is 4.79 Å². The molecule has 0 saturated carbocycles. The minimum atomic E-state index is -1.25. The monoisotopic (exact) mass is 371 g/mol. The fraction of sp³-hybridized carbons (Fsp3) is 0.842. The van der Waals surface area contributed by atoms with Gasteiger partial charge in [-0.3, -0.25) is 0 Å². The van der Waals surface area contributed by atoms with Gasteiger partial charge in [0.15, 0.2) is 12.4 Å². The SMILES string of the molecule is CC=C(C)C(=O)OC1C(O)C(C)OC(OC(C)CC2CCCN2C)C1O. The van der Waals surface area contributed by atoms with Gasteiger partial charge in [0.2, 0.25) is 0 Å². The van der Waals surface area contributed by atoms with E-state index in [9.17, 15) is 15.0 Å². The van der Waals surface area contributed by atoms with Gasteiger partial charge in [0.1, 0.15) is 12.2 Å². The lowest BCUT2D eigenvalue weighted by molar-refractivity contribution is -0.305. The molecule has 0 spiro atoms. The standard InChI is InChI=1S/C19H33NO6/c1-6-11(2)18(23)26-17-15(21)13(4)25-19(16(17)22)24-12(3)10-14-8-7-9-20(14)5/h6,12-17,19,21-22H,7-10H2,1-5H3. The van der Waals surface area contributed by atoms with E-state index in [0.29, 0.717) is 11.6 Å². The van der Waals surface area contributed by atoms with E-state index < -0.39 is 36.7 Å². The number of carbonyl (C=O) groups is 1. The topological polar surface area (TPSA) is 88.5 Å². The summed E-state index contributed by atoms with van der Waals surface area (Å²) in [7, 11) is 2.10. The number of allylic oxidation sites excluding steroid dienone is 1. The molecule has 0 radical (unpaired) electrons. The smallest absolute Gasteiger partial charge is 0.333 e. The number of nitrogens with zero attached hydrogens (tertiary/aromatic N) is 1. The molecule has 2 aliphatic heterocycles. The Bertz CT molecular complexity index is 510. The summed E-state index contributed by atoms with van der Waals surface area (Å²) in [5.41, 5.74) is 0.415. The van der Waals surface area contributed by atoms with Gasteiger partial charge < -0.3 is 29.3 Å². The van der Waals surface area contributed by atoms with E-state index in [-0.39, 0.29) is 6.10 Å². The minimum Gasteiger partial charge on any atom is -0.453 e. The Balaban J connectivity index is 1.98. The Labute approximate surface area is 155 Å². The Morgan fingerprint density at radius 3 is 2.65 bits per heavy atom. The van der Waals surface area contributed by atoms with E-state index in [1.54, 1.807) is 26.8 Å². The van der Waals surface area contributed by atoms with Crippen LogP contribution in [-0.4, -0.2) is 77.5 Å². The number of aliphatic hydroxyl groups is 2. The van der Waals surface area contributed by atoms with Crippen LogP contribution in [0.4, 0.5) is 0 Å². The van der Waals surface area contributed by atoms with E-state index >= 15 is 0 Å². The van der Waals surface area contributed by atoms with Gasteiger partial charge in [0, 0.05) is 11.6 Å². The van der Waals surface area contributed by atoms with Crippen LogP contribution >= 0.6 is 0 Å². The van der Waals surface area contributed by atoms with Gasteiger partial charge in [0.25, 0.3) is 0 Å². The number of aliphatic hydroxyl groups excluding tert-OH is 2. The van der Waals surface area contributed by atoms with Crippen LogP contribution in [0.3, 0.4) is 0 Å². The predicted molar refractivity (Wildman–Crippen MR) is 96.5 cm³/mol. The number of likely N-dealkylation sites (tertiary alicyclic amines) is 1. The summed E-state index contributed by atoms with van der Waals surface area (Å²) < 4.78 is 16.9. The molecular weight excluding hydrogens is 338 g/mol. The summed E-state index contributed by atoms with van der Waals surface area (Å²) >= 11 is 0. The third-order valence-electron chi connectivity index (χ3n) is 5.42. The normalized spacial score (nSPS) is 37.6. The molecule has 0 aromatic carbocycles. The molecule has 7 nitrogen and oxygen atoms in total. The molecule has 2 aliphatic rings. The van der Waals surface area contributed by atoms with Crippen molar-refractivity contribution in [3.8, 4) is 0 Å². The molecule has 150 valence electrons. The maximum Gasteiger partial charge on any atom is 0.333 e. The summed E-state index contributed by atoms with van der Waals surface area (Å²) in [6, 6.07) is 0.458. The summed E-state index contributed by atoms with van der Waals surface area (Å²) in [5, 5.41) is 20.8. The van der Waals surface area contributed by atoms with Crippen LogP contribution in [0.5, 0.6) is 0 Å². The lowest BCUT2D eigenvalue weighted by atomic mass is 9.99. The highest BCUT2D eigenvalue weighted by Crippen LogP contribution is 2.27. The second kappa shape index (κ2) is 9.28. The summed E-state index contributed by atoms with van der Waals surface area (Å²) in [4.78, 5) is 14.3. The van der Waals surface area contributed by atoms with Crippen molar-refractivity contribution < 1.29 is 29.2 Å². The molecule has 0 amide bonds. The van der Waals surface area contributed by atoms with E-state index in [0.717, 1.165) is 19.4 Å². The van der Waals surface area contributed by atoms with Crippen LogP contribution in [0.2, 0.25) is 0 Å². The summed E-state index contributed by atoms with van der Waals surface area (Å²) in [5.74, 6) is -0.566. The predicted octanol–water partition coefficient (Wildman–Crippen LogP) is 1.22.